The predicted molar refractivity (Wildman–Crippen MR) is 122 cm³/mol. The standard InChI is InChI=1S/C25H30N4O/c1-4-22-15-23(28-24(27-22)26-16-18-8-6-5-7-9-18)29-13-12-19-14-21(25(2,3)30)11-10-20(19)17-29/h5-11,14-15,30H,4,12-13,16-17H2,1-3H3,(H,26,27,28). The molecular formula is C25H30N4O. The molecule has 1 aliphatic heterocycles. The lowest BCUT2D eigenvalue weighted by Gasteiger charge is -2.31. The third-order valence-corrected chi connectivity index (χ3v) is 5.67. The SMILES string of the molecule is CCc1cc(N2CCc3cc(C(C)(C)O)ccc3C2)nc(NCc2ccccc2)n1. The zero-order chi connectivity index (χ0) is 21.1. The minimum absolute atomic E-state index is 0.677. The molecule has 1 aromatic heterocycles. The number of aryl methyl sites for hydroxylation is 1. The number of rotatable bonds is 6. The molecule has 1 aliphatic rings. The first-order valence-corrected chi connectivity index (χ1v) is 10.7. The van der Waals surface area contributed by atoms with Crippen LogP contribution in [0.2, 0.25) is 0 Å². The summed E-state index contributed by atoms with van der Waals surface area (Å²) in [6.45, 7) is 8.22. The van der Waals surface area contributed by atoms with Crippen molar-refractivity contribution in [3.05, 3.63) is 82.5 Å². The fraction of sp³-hybridized carbons (Fsp3) is 0.360. The van der Waals surface area contributed by atoms with Gasteiger partial charge in [-0.05, 0) is 48.9 Å². The average molecular weight is 403 g/mol. The second-order valence-corrected chi connectivity index (χ2v) is 8.45. The first-order valence-electron chi connectivity index (χ1n) is 10.7. The highest BCUT2D eigenvalue weighted by molar-refractivity contribution is 5.49. The van der Waals surface area contributed by atoms with Gasteiger partial charge in [-0.25, -0.2) is 4.98 Å². The molecule has 0 aliphatic carbocycles. The molecule has 5 heteroatoms. The number of aromatic nitrogens is 2. The van der Waals surface area contributed by atoms with Gasteiger partial charge in [0.2, 0.25) is 5.95 Å². The Morgan fingerprint density at radius 1 is 1.03 bits per heavy atom. The average Bonchev–Trinajstić information content (AvgIpc) is 2.76. The Bertz CT molecular complexity index is 1010. The van der Waals surface area contributed by atoms with Crippen LogP contribution in [0.1, 0.15) is 48.7 Å². The molecule has 0 saturated heterocycles. The van der Waals surface area contributed by atoms with Crippen LogP contribution in [0.3, 0.4) is 0 Å². The van der Waals surface area contributed by atoms with Gasteiger partial charge in [0.05, 0.1) is 5.60 Å². The van der Waals surface area contributed by atoms with Crippen LogP contribution < -0.4 is 10.2 Å². The summed E-state index contributed by atoms with van der Waals surface area (Å²) in [5, 5.41) is 13.7. The Morgan fingerprint density at radius 3 is 2.57 bits per heavy atom. The first-order chi connectivity index (χ1) is 14.4. The van der Waals surface area contributed by atoms with E-state index in [0.29, 0.717) is 12.5 Å². The number of hydrogen-bond donors (Lipinski definition) is 2. The Labute approximate surface area is 178 Å². The topological polar surface area (TPSA) is 61.3 Å². The number of benzene rings is 2. The van der Waals surface area contributed by atoms with Gasteiger partial charge in [0.25, 0.3) is 0 Å². The molecule has 0 saturated carbocycles. The van der Waals surface area contributed by atoms with Gasteiger partial charge in [-0.15, -0.1) is 0 Å². The maximum Gasteiger partial charge on any atom is 0.225 e. The molecule has 0 spiro atoms. The number of nitrogens with one attached hydrogen (secondary N) is 1. The molecule has 2 aromatic carbocycles. The Kier molecular flexibility index (Phi) is 5.73. The van der Waals surface area contributed by atoms with Crippen LogP contribution in [0.5, 0.6) is 0 Å². The lowest BCUT2D eigenvalue weighted by atomic mass is 9.91. The maximum absolute atomic E-state index is 10.3. The number of nitrogens with zero attached hydrogens (tertiary/aromatic N) is 3. The molecular weight excluding hydrogens is 372 g/mol. The van der Waals surface area contributed by atoms with E-state index >= 15 is 0 Å². The summed E-state index contributed by atoms with van der Waals surface area (Å²) < 4.78 is 0. The van der Waals surface area contributed by atoms with E-state index in [4.69, 9.17) is 4.98 Å². The molecule has 2 N–H and O–H groups in total. The molecule has 0 fully saturated rings. The summed E-state index contributed by atoms with van der Waals surface area (Å²) in [5.74, 6) is 1.64. The van der Waals surface area contributed by atoms with Gasteiger partial charge in [-0.1, -0.05) is 55.5 Å². The summed E-state index contributed by atoms with van der Waals surface area (Å²) in [6, 6.07) is 18.7. The molecule has 0 amide bonds. The van der Waals surface area contributed by atoms with Crippen molar-refractivity contribution in [2.75, 3.05) is 16.8 Å². The molecule has 0 unspecified atom stereocenters. The molecule has 0 bridgehead atoms. The van der Waals surface area contributed by atoms with Crippen molar-refractivity contribution in [2.24, 2.45) is 0 Å². The highest BCUT2D eigenvalue weighted by Gasteiger charge is 2.22. The number of fused-ring (bicyclic) bond motifs is 1. The summed E-state index contributed by atoms with van der Waals surface area (Å²) in [4.78, 5) is 11.8. The van der Waals surface area contributed by atoms with Crippen LogP contribution in [-0.2, 0) is 31.5 Å². The van der Waals surface area contributed by atoms with Crippen molar-refractivity contribution in [3.63, 3.8) is 0 Å². The highest BCUT2D eigenvalue weighted by atomic mass is 16.3. The molecule has 0 radical (unpaired) electrons. The van der Waals surface area contributed by atoms with Crippen molar-refractivity contribution in [1.29, 1.82) is 0 Å². The van der Waals surface area contributed by atoms with Crippen LogP contribution >= 0.6 is 0 Å². The van der Waals surface area contributed by atoms with Gasteiger partial charge in [-0.3, -0.25) is 0 Å². The monoisotopic (exact) mass is 402 g/mol. The number of aliphatic hydroxyl groups is 1. The molecule has 2 heterocycles. The summed E-state index contributed by atoms with van der Waals surface area (Å²) >= 11 is 0. The Hall–Kier alpha value is -2.92. The first kappa shape index (κ1) is 20.4. The van der Waals surface area contributed by atoms with E-state index in [-0.39, 0.29) is 0 Å². The second-order valence-electron chi connectivity index (χ2n) is 8.45. The smallest absolute Gasteiger partial charge is 0.225 e. The second kappa shape index (κ2) is 8.44. The van der Waals surface area contributed by atoms with E-state index in [1.807, 2.05) is 38.1 Å². The van der Waals surface area contributed by atoms with Crippen LogP contribution in [0.25, 0.3) is 0 Å². The van der Waals surface area contributed by atoms with E-state index < -0.39 is 5.60 Å². The molecule has 30 heavy (non-hydrogen) atoms. The molecule has 5 nitrogen and oxygen atoms in total. The van der Waals surface area contributed by atoms with Crippen LogP contribution in [0, 0.1) is 0 Å². The fourth-order valence-corrected chi connectivity index (χ4v) is 3.81. The highest BCUT2D eigenvalue weighted by Crippen LogP contribution is 2.28. The van der Waals surface area contributed by atoms with Crippen LogP contribution in [0.4, 0.5) is 11.8 Å². The number of anilines is 2. The summed E-state index contributed by atoms with van der Waals surface area (Å²) in [7, 11) is 0. The van der Waals surface area contributed by atoms with Crippen LogP contribution in [0.15, 0.2) is 54.6 Å². The molecule has 3 aromatic rings. The van der Waals surface area contributed by atoms with Crippen molar-refractivity contribution in [2.45, 2.75) is 52.3 Å². The van der Waals surface area contributed by atoms with E-state index in [1.165, 1.54) is 16.7 Å². The van der Waals surface area contributed by atoms with Gasteiger partial charge >= 0.3 is 0 Å². The molecule has 4 rings (SSSR count). The zero-order valence-corrected chi connectivity index (χ0v) is 18.0. The quantitative estimate of drug-likeness (QED) is 0.638. The lowest BCUT2D eigenvalue weighted by Crippen LogP contribution is -2.32. The number of hydrogen-bond acceptors (Lipinski definition) is 5. The fourth-order valence-electron chi connectivity index (χ4n) is 3.81. The minimum Gasteiger partial charge on any atom is -0.386 e. The van der Waals surface area contributed by atoms with Gasteiger partial charge < -0.3 is 15.3 Å². The lowest BCUT2D eigenvalue weighted by molar-refractivity contribution is 0.0785. The van der Waals surface area contributed by atoms with Gasteiger partial charge in [0.15, 0.2) is 0 Å². The predicted octanol–water partition coefficient (Wildman–Crippen LogP) is 4.44. The van der Waals surface area contributed by atoms with E-state index in [1.54, 1.807) is 0 Å². The van der Waals surface area contributed by atoms with Crippen molar-refractivity contribution in [3.8, 4) is 0 Å². The minimum atomic E-state index is -0.811. The molecule has 0 atom stereocenters. The third-order valence-electron chi connectivity index (χ3n) is 5.67. The third kappa shape index (κ3) is 4.62. The van der Waals surface area contributed by atoms with E-state index in [2.05, 4.69) is 52.5 Å². The van der Waals surface area contributed by atoms with Crippen molar-refractivity contribution in [1.82, 2.24) is 9.97 Å². The normalized spacial score (nSPS) is 13.8. The Morgan fingerprint density at radius 2 is 1.83 bits per heavy atom. The van der Waals surface area contributed by atoms with Gasteiger partial charge in [-0.2, -0.15) is 4.98 Å². The maximum atomic E-state index is 10.3. The Balaban J connectivity index is 1.54. The van der Waals surface area contributed by atoms with Crippen LogP contribution in [-0.4, -0.2) is 21.6 Å². The van der Waals surface area contributed by atoms with Crippen molar-refractivity contribution >= 4 is 11.8 Å². The van der Waals surface area contributed by atoms with Gasteiger partial charge in [0.1, 0.15) is 5.82 Å². The van der Waals surface area contributed by atoms with Crippen molar-refractivity contribution < 1.29 is 5.11 Å². The summed E-state index contributed by atoms with van der Waals surface area (Å²) in [6.07, 6.45) is 1.81. The summed E-state index contributed by atoms with van der Waals surface area (Å²) in [5.41, 5.74) is 5.02. The van der Waals surface area contributed by atoms with E-state index in [0.717, 1.165) is 43.0 Å². The van der Waals surface area contributed by atoms with Gasteiger partial charge in [0, 0.05) is 31.4 Å². The molecule has 156 valence electrons. The largest absolute Gasteiger partial charge is 0.386 e. The zero-order valence-electron chi connectivity index (χ0n) is 18.0. The van der Waals surface area contributed by atoms with E-state index in [9.17, 15) is 5.11 Å².